The van der Waals surface area contributed by atoms with E-state index in [4.69, 9.17) is 4.74 Å². The first-order chi connectivity index (χ1) is 4.63. The van der Waals surface area contributed by atoms with E-state index in [1.165, 1.54) is 0 Å². The lowest BCUT2D eigenvalue weighted by Crippen LogP contribution is -2.29. The second-order valence-electron chi connectivity index (χ2n) is 2.48. The molecule has 10 heavy (non-hydrogen) atoms. The first-order valence-electron chi connectivity index (χ1n) is 3.63. The van der Waals surface area contributed by atoms with E-state index >= 15 is 0 Å². The van der Waals surface area contributed by atoms with E-state index in [2.05, 4.69) is 32.3 Å². The Labute approximate surface area is 63.5 Å². The first kappa shape index (κ1) is 9.34. The Kier molecular flexibility index (Phi) is 3.93. The van der Waals surface area contributed by atoms with Gasteiger partial charge in [-0.1, -0.05) is 0 Å². The summed E-state index contributed by atoms with van der Waals surface area (Å²) < 4.78 is 5.00. The van der Waals surface area contributed by atoms with Gasteiger partial charge >= 0.3 is 0 Å². The molecule has 2 nitrogen and oxygen atoms in total. The van der Waals surface area contributed by atoms with Gasteiger partial charge in [-0.25, -0.2) is 0 Å². The molecule has 0 radical (unpaired) electrons. The van der Waals surface area contributed by atoms with Gasteiger partial charge in [-0.05, 0) is 27.4 Å². The molecule has 0 amide bonds. The summed E-state index contributed by atoms with van der Waals surface area (Å²) in [5, 5.41) is 0. The smallest absolute Gasteiger partial charge is 0.181 e. The maximum atomic E-state index is 5.00. The predicted octanol–water partition coefficient (Wildman–Crippen LogP) is 1.83. The summed E-state index contributed by atoms with van der Waals surface area (Å²) in [4.78, 5) is 2.10. The molecule has 0 aliphatic heterocycles. The molecule has 0 aliphatic rings. The van der Waals surface area contributed by atoms with E-state index in [9.17, 15) is 0 Å². The maximum absolute atomic E-state index is 5.00. The summed E-state index contributed by atoms with van der Waals surface area (Å²) in [6.07, 6.45) is 0. The van der Waals surface area contributed by atoms with E-state index in [0.717, 1.165) is 12.4 Å². The van der Waals surface area contributed by atoms with Gasteiger partial charge in [0.25, 0.3) is 0 Å². The van der Waals surface area contributed by atoms with Crippen molar-refractivity contribution in [3.8, 4) is 0 Å². The Balaban J connectivity index is 3.93. The Morgan fingerprint density at radius 2 is 2.10 bits per heavy atom. The van der Waals surface area contributed by atoms with Crippen LogP contribution in [-0.4, -0.2) is 24.6 Å². The molecule has 0 atom stereocenters. The molecule has 0 aliphatic carbocycles. The Hall–Kier alpha value is -0.660. The molecular formula is C8H17NO. The van der Waals surface area contributed by atoms with E-state index in [0.29, 0.717) is 6.04 Å². The molecule has 0 spiro atoms. The van der Waals surface area contributed by atoms with Gasteiger partial charge < -0.3 is 9.64 Å². The van der Waals surface area contributed by atoms with Crippen LogP contribution in [0.25, 0.3) is 0 Å². The lowest BCUT2D eigenvalue weighted by atomic mass is 10.3. The quantitative estimate of drug-likeness (QED) is 0.557. The van der Waals surface area contributed by atoms with Crippen LogP contribution in [0.4, 0.5) is 0 Å². The fourth-order valence-electron chi connectivity index (χ4n) is 0.947. The molecule has 60 valence electrons. The van der Waals surface area contributed by atoms with Crippen LogP contribution < -0.4 is 0 Å². The van der Waals surface area contributed by atoms with Crippen LogP contribution in [-0.2, 0) is 4.74 Å². The molecule has 0 bridgehead atoms. The van der Waals surface area contributed by atoms with Crippen LogP contribution >= 0.6 is 0 Å². The fraction of sp³-hybridized carbons (Fsp3) is 0.750. The fourth-order valence-corrected chi connectivity index (χ4v) is 0.947. The molecule has 0 rings (SSSR count). The number of rotatable bonds is 4. The molecule has 0 unspecified atom stereocenters. The van der Waals surface area contributed by atoms with Crippen molar-refractivity contribution >= 4 is 0 Å². The lowest BCUT2D eigenvalue weighted by Gasteiger charge is -2.27. The standard InChI is InChI=1S/C8H17NO/c1-6-9(7(2)3)8(4)10-5/h7H,4,6H2,1-3,5H3. The summed E-state index contributed by atoms with van der Waals surface area (Å²) in [6.45, 7) is 11.0. The monoisotopic (exact) mass is 143 g/mol. The molecule has 0 aromatic rings. The number of hydrogen-bond acceptors (Lipinski definition) is 2. The van der Waals surface area contributed by atoms with Crippen molar-refractivity contribution in [3.05, 3.63) is 12.5 Å². The van der Waals surface area contributed by atoms with Gasteiger partial charge in [0.2, 0.25) is 0 Å². The highest BCUT2D eigenvalue weighted by Gasteiger charge is 2.07. The Morgan fingerprint density at radius 1 is 1.60 bits per heavy atom. The Bertz CT molecular complexity index is 110. The van der Waals surface area contributed by atoms with Crippen molar-refractivity contribution in [2.45, 2.75) is 26.8 Å². The number of methoxy groups -OCH3 is 1. The van der Waals surface area contributed by atoms with Crippen molar-refractivity contribution in [1.82, 2.24) is 4.90 Å². The maximum Gasteiger partial charge on any atom is 0.181 e. The van der Waals surface area contributed by atoms with Crippen molar-refractivity contribution in [3.63, 3.8) is 0 Å². The van der Waals surface area contributed by atoms with E-state index in [1.807, 2.05) is 0 Å². The van der Waals surface area contributed by atoms with Crippen molar-refractivity contribution in [2.24, 2.45) is 0 Å². The van der Waals surface area contributed by atoms with Crippen molar-refractivity contribution < 1.29 is 4.74 Å². The van der Waals surface area contributed by atoms with E-state index in [-0.39, 0.29) is 0 Å². The summed E-state index contributed by atoms with van der Waals surface area (Å²) in [5.41, 5.74) is 0. The van der Waals surface area contributed by atoms with Crippen LogP contribution in [0, 0.1) is 0 Å². The van der Waals surface area contributed by atoms with Crippen molar-refractivity contribution in [1.29, 1.82) is 0 Å². The van der Waals surface area contributed by atoms with Gasteiger partial charge in [0, 0.05) is 12.6 Å². The molecule has 0 heterocycles. The average Bonchev–Trinajstić information content (AvgIpc) is 1.88. The number of ether oxygens (including phenoxy) is 1. The molecule has 0 aromatic carbocycles. The second kappa shape index (κ2) is 4.20. The normalized spacial score (nSPS) is 9.70. The van der Waals surface area contributed by atoms with Crippen molar-refractivity contribution in [2.75, 3.05) is 13.7 Å². The molecule has 2 heteroatoms. The van der Waals surface area contributed by atoms with E-state index in [1.54, 1.807) is 7.11 Å². The van der Waals surface area contributed by atoms with Gasteiger partial charge in [-0.3, -0.25) is 0 Å². The minimum Gasteiger partial charge on any atom is -0.483 e. The third-order valence-corrected chi connectivity index (χ3v) is 1.52. The van der Waals surface area contributed by atoms with Gasteiger partial charge in [0.1, 0.15) is 0 Å². The van der Waals surface area contributed by atoms with Crippen LogP contribution in [0.15, 0.2) is 12.5 Å². The average molecular weight is 143 g/mol. The van der Waals surface area contributed by atoms with Crippen LogP contribution in [0.1, 0.15) is 20.8 Å². The minimum atomic E-state index is 0.470. The molecule has 0 saturated heterocycles. The third kappa shape index (κ3) is 2.29. The zero-order chi connectivity index (χ0) is 8.15. The molecule has 0 aromatic heterocycles. The highest BCUT2D eigenvalue weighted by molar-refractivity contribution is 4.84. The largest absolute Gasteiger partial charge is 0.483 e. The molecule has 0 fully saturated rings. The van der Waals surface area contributed by atoms with Crippen LogP contribution in [0.5, 0.6) is 0 Å². The van der Waals surface area contributed by atoms with Gasteiger partial charge in [0.15, 0.2) is 5.88 Å². The van der Waals surface area contributed by atoms with Gasteiger partial charge in [-0.2, -0.15) is 0 Å². The minimum absolute atomic E-state index is 0.470. The van der Waals surface area contributed by atoms with Crippen LogP contribution in [0.3, 0.4) is 0 Å². The number of hydrogen-bond donors (Lipinski definition) is 0. The zero-order valence-corrected chi connectivity index (χ0v) is 7.35. The topological polar surface area (TPSA) is 12.5 Å². The number of nitrogens with zero attached hydrogens (tertiary/aromatic N) is 1. The predicted molar refractivity (Wildman–Crippen MR) is 43.7 cm³/mol. The zero-order valence-electron chi connectivity index (χ0n) is 7.35. The molecular weight excluding hydrogens is 126 g/mol. The first-order valence-corrected chi connectivity index (χ1v) is 3.63. The highest BCUT2D eigenvalue weighted by Crippen LogP contribution is 2.06. The van der Waals surface area contributed by atoms with Gasteiger partial charge in [-0.15, -0.1) is 0 Å². The molecule has 0 N–H and O–H groups in total. The summed E-state index contributed by atoms with van der Waals surface area (Å²) in [5.74, 6) is 0.748. The van der Waals surface area contributed by atoms with Crippen LogP contribution in [0.2, 0.25) is 0 Å². The molecule has 0 saturated carbocycles. The SMILES string of the molecule is C=C(OC)N(CC)C(C)C. The van der Waals surface area contributed by atoms with Gasteiger partial charge in [0.05, 0.1) is 7.11 Å². The summed E-state index contributed by atoms with van der Waals surface area (Å²) in [7, 11) is 1.65. The van der Waals surface area contributed by atoms with E-state index < -0.39 is 0 Å². The second-order valence-corrected chi connectivity index (χ2v) is 2.48. The summed E-state index contributed by atoms with van der Waals surface area (Å²) in [6, 6.07) is 0.470. The lowest BCUT2D eigenvalue weighted by molar-refractivity contribution is 0.135. The highest BCUT2D eigenvalue weighted by atomic mass is 16.5. The summed E-state index contributed by atoms with van der Waals surface area (Å²) >= 11 is 0. The Morgan fingerprint density at radius 3 is 2.20 bits per heavy atom. The third-order valence-electron chi connectivity index (χ3n) is 1.52.